The van der Waals surface area contributed by atoms with Crippen LogP contribution in [-0.2, 0) is 11.3 Å². The fourth-order valence-electron chi connectivity index (χ4n) is 1.32. The van der Waals surface area contributed by atoms with Gasteiger partial charge >= 0.3 is 0 Å². The van der Waals surface area contributed by atoms with E-state index < -0.39 is 0 Å². The number of rotatable bonds is 7. The van der Waals surface area contributed by atoms with Gasteiger partial charge in [0.05, 0.1) is 7.11 Å². The number of methoxy groups -OCH3 is 1. The number of nitrogens with one attached hydrogen (secondary N) is 1. The summed E-state index contributed by atoms with van der Waals surface area (Å²) in [5, 5.41) is 3.09. The molecule has 0 unspecified atom stereocenters. The minimum absolute atomic E-state index is 0.264. The van der Waals surface area contributed by atoms with Gasteiger partial charge in [0, 0.05) is 24.8 Å². The summed E-state index contributed by atoms with van der Waals surface area (Å²) in [4.78, 5) is 0. The number of ether oxygens (including phenoxy) is 3. The number of hydrogen-bond acceptors (Lipinski definition) is 4. The minimum Gasteiger partial charge on any atom is -0.497 e. The molecular formula is C12H19NO3. The summed E-state index contributed by atoms with van der Waals surface area (Å²) < 4.78 is 15.8. The lowest BCUT2D eigenvalue weighted by molar-refractivity contribution is 0.0217. The normalized spacial score (nSPS) is 10.2. The third-order valence-electron chi connectivity index (χ3n) is 2.14. The summed E-state index contributed by atoms with van der Waals surface area (Å²) in [5.41, 5.74) is 1.09. The fourth-order valence-corrected chi connectivity index (χ4v) is 1.32. The maximum Gasteiger partial charge on any atom is 0.189 e. The van der Waals surface area contributed by atoms with Gasteiger partial charge in [-0.25, -0.2) is 0 Å². The molecule has 1 rings (SSSR count). The fraction of sp³-hybridized carbons (Fsp3) is 0.500. The summed E-state index contributed by atoms with van der Waals surface area (Å²) in [5.74, 6) is 1.58. The second-order valence-corrected chi connectivity index (χ2v) is 3.26. The highest BCUT2D eigenvalue weighted by Crippen LogP contribution is 2.24. The van der Waals surface area contributed by atoms with Crippen LogP contribution in [0.3, 0.4) is 0 Å². The lowest BCUT2D eigenvalue weighted by Gasteiger charge is -2.12. The first-order valence-electron chi connectivity index (χ1n) is 5.33. The van der Waals surface area contributed by atoms with Crippen LogP contribution in [0.25, 0.3) is 0 Å². The van der Waals surface area contributed by atoms with Gasteiger partial charge in [0.2, 0.25) is 0 Å². The Morgan fingerprint density at radius 3 is 2.75 bits per heavy atom. The van der Waals surface area contributed by atoms with E-state index in [1.54, 1.807) is 7.11 Å². The average molecular weight is 225 g/mol. The van der Waals surface area contributed by atoms with Crippen molar-refractivity contribution in [3.63, 3.8) is 0 Å². The van der Waals surface area contributed by atoms with Crippen molar-refractivity contribution in [3.05, 3.63) is 23.8 Å². The lowest BCUT2D eigenvalue weighted by atomic mass is 10.2. The molecule has 0 spiro atoms. The van der Waals surface area contributed by atoms with Gasteiger partial charge in [0.1, 0.15) is 11.5 Å². The van der Waals surface area contributed by atoms with E-state index in [1.165, 1.54) is 0 Å². The zero-order valence-electron chi connectivity index (χ0n) is 10.1. The van der Waals surface area contributed by atoms with E-state index in [9.17, 15) is 0 Å². The van der Waals surface area contributed by atoms with Crippen molar-refractivity contribution in [1.82, 2.24) is 5.32 Å². The zero-order chi connectivity index (χ0) is 11.8. The molecule has 1 aromatic rings. The Labute approximate surface area is 96.5 Å². The Balaban J connectivity index is 2.74. The first-order chi connectivity index (χ1) is 7.81. The summed E-state index contributed by atoms with van der Waals surface area (Å²) in [6, 6.07) is 5.77. The van der Waals surface area contributed by atoms with Crippen molar-refractivity contribution < 1.29 is 14.2 Å². The molecule has 1 aromatic carbocycles. The molecule has 0 saturated carbocycles. The standard InChI is InChI=1S/C12H19NO3/c1-4-15-9-16-12-7-11(14-3)6-5-10(12)8-13-2/h5-7,13H,4,8-9H2,1-3H3. The number of benzene rings is 1. The maximum absolute atomic E-state index is 5.53. The van der Waals surface area contributed by atoms with E-state index in [0.29, 0.717) is 6.61 Å². The first kappa shape index (κ1) is 12.8. The molecule has 4 nitrogen and oxygen atoms in total. The Bertz CT molecular complexity index is 315. The molecule has 0 amide bonds. The Morgan fingerprint density at radius 2 is 2.12 bits per heavy atom. The molecule has 16 heavy (non-hydrogen) atoms. The largest absolute Gasteiger partial charge is 0.497 e. The van der Waals surface area contributed by atoms with Crippen LogP contribution < -0.4 is 14.8 Å². The van der Waals surface area contributed by atoms with E-state index in [2.05, 4.69) is 5.32 Å². The van der Waals surface area contributed by atoms with Crippen molar-refractivity contribution >= 4 is 0 Å². The predicted octanol–water partition coefficient (Wildman–Crippen LogP) is 1.79. The van der Waals surface area contributed by atoms with E-state index in [0.717, 1.165) is 23.6 Å². The second kappa shape index (κ2) is 7.09. The lowest BCUT2D eigenvalue weighted by Crippen LogP contribution is -2.09. The van der Waals surface area contributed by atoms with E-state index in [4.69, 9.17) is 14.2 Å². The molecule has 0 atom stereocenters. The van der Waals surface area contributed by atoms with Crippen molar-refractivity contribution in [3.8, 4) is 11.5 Å². The Morgan fingerprint density at radius 1 is 1.31 bits per heavy atom. The van der Waals surface area contributed by atoms with Gasteiger partial charge in [-0.1, -0.05) is 6.07 Å². The summed E-state index contributed by atoms with van der Waals surface area (Å²) in [6.45, 7) is 3.60. The van der Waals surface area contributed by atoms with Crippen LogP contribution in [-0.4, -0.2) is 27.6 Å². The van der Waals surface area contributed by atoms with E-state index in [1.807, 2.05) is 32.2 Å². The molecule has 0 aliphatic heterocycles. The van der Waals surface area contributed by atoms with Crippen LogP contribution in [0.5, 0.6) is 11.5 Å². The third-order valence-corrected chi connectivity index (χ3v) is 2.14. The van der Waals surface area contributed by atoms with Crippen LogP contribution in [0, 0.1) is 0 Å². The SMILES string of the molecule is CCOCOc1cc(OC)ccc1CNC. The molecule has 0 saturated heterocycles. The van der Waals surface area contributed by atoms with Gasteiger partial charge in [-0.15, -0.1) is 0 Å². The summed E-state index contributed by atoms with van der Waals surface area (Å²) >= 11 is 0. The average Bonchev–Trinajstić information content (AvgIpc) is 2.31. The van der Waals surface area contributed by atoms with Gasteiger partial charge in [0.15, 0.2) is 6.79 Å². The molecule has 90 valence electrons. The molecular weight excluding hydrogens is 206 g/mol. The van der Waals surface area contributed by atoms with Gasteiger partial charge < -0.3 is 19.5 Å². The predicted molar refractivity (Wildman–Crippen MR) is 62.9 cm³/mol. The van der Waals surface area contributed by atoms with Crippen LogP contribution in [0.15, 0.2) is 18.2 Å². The molecule has 4 heteroatoms. The molecule has 0 aliphatic carbocycles. The van der Waals surface area contributed by atoms with Gasteiger partial charge in [0.25, 0.3) is 0 Å². The molecule has 0 radical (unpaired) electrons. The highest BCUT2D eigenvalue weighted by atomic mass is 16.7. The van der Waals surface area contributed by atoms with E-state index in [-0.39, 0.29) is 6.79 Å². The topological polar surface area (TPSA) is 39.7 Å². The minimum atomic E-state index is 0.264. The Kier molecular flexibility index (Phi) is 5.67. The molecule has 1 N–H and O–H groups in total. The summed E-state index contributed by atoms with van der Waals surface area (Å²) in [6.07, 6.45) is 0. The quantitative estimate of drug-likeness (QED) is 0.567. The van der Waals surface area contributed by atoms with Crippen LogP contribution in [0.1, 0.15) is 12.5 Å². The molecule has 0 fully saturated rings. The van der Waals surface area contributed by atoms with Crippen molar-refractivity contribution in [2.45, 2.75) is 13.5 Å². The van der Waals surface area contributed by atoms with Crippen LogP contribution >= 0.6 is 0 Å². The van der Waals surface area contributed by atoms with Crippen molar-refractivity contribution in [1.29, 1.82) is 0 Å². The van der Waals surface area contributed by atoms with Gasteiger partial charge in [-0.2, -0.15) is 0 Å². The monoisotopic (exact) mass is 225 g/mol. The molecule has 0 aliphatic rings. The molecule has 0 heterocycles. The van der Waals surface area contributed by atoms with Crippen LogP contribution in [0.2, 0.25) is 0 Å². The van der Waals surface area contributed by atoms with E-state index >= 15 is 0 Å². The Hall–Kier alpha value is -1.26. The number of hydrogen-bond donors (Lipinski definition) is 1. The highest BCUT2D eigenvalue weighted by molar-refractivity contribution is 5.40. The van der Waals surface area contributed by atoms with Crippen LogP contribution in [0.4, 0.5) is 0 Å². The highest BCUT2D eigenvalue weighted by Gasteiger charge is 2.05. The molecule has 0 bridgehead atoms. The summed E-state index contributed by atoms with van der Waals surface area (Å²) in [7, 11) is 3.54. The zero-order valence-corrected chi connectivity index (χ0v) is 10.1. The first-order valence-corrected chi connectivity index (χ1v) is 5.33. The third kappa shape index (κ3) is 3.72. The van der Waals surface area contributed by atoms with Gasteiger partial charge in [-0.3, -0.25) is 0 Å². The van der Waals surface area contributed by atoms with Crippen molar-refractivity contribution in [2.24, 2.45) is 0 Å². The smallest absolute Gasteiger partial charge is 0.189 e. The maximum atomic E-state index is 5.53. The van der Waals surface area contributed by atoms with Crippen molar-refractivity contribution in [2.75, 3.05) is 27.6 Å². The van der Waals surface area contributed by atoms with Gasteiger partial charge in [-0.05, 0) is 20.0 Å². The molecule has 0 aromatic heterocycles. The second-order valence-electron chi connectivity index (χ2n) is 3.26.